The predicted octanol–water partition coefficient (Wildman–Crippen LogP) is 2.16. The summed E-state index contributed by atoms with van der Waals surface area (Å²) in [6, 6.07) is 0.560. The van der Waals surface area contributed by atoms with Crippen LogP contribution in [0, 0.1) is 0 Å². The number of rotatable bonds is 8. The van der Waals surface area contributed by atoms with Gasteiger partial charge in [0.25, 0.3) is 0 Å². The summed E-state index contributed by atoms with van der Waals surface area (Å²) in [4.78, 5) is 9.09. The van der Waals surface area contributed by atoms with Gasteiger partial charge in [0.2, 0.25) is 15.0 Å². The third kappa shape index (κ3) is 4.96. The molecule has 1 saturated carbocycles. The van der Waals surface area contributed by atoms with E-state index >= 15 is 0 Å². The zero-order valence-electron chi connectivity index (χ0n) is 17.6. The second kappa shape index (κ2) is 9.69. The van der Waals surface area contributed by atoms with Gasteiger partial charge in [-0.3, -0.25) is 4.90 Å². The SMILES string of the molecule is COCCn1c(CN2CC[C@@H](N(C)C)C2)cnc1S(=O)(=O)C1CCCCCC1. The maximum absolute atomic E-state index is 13.4. The van der Waals surface area contributed by atoms with Crippen LogP contribution in [-0.4, -0.2) is 80.0 Å². The predicted molar refractivity (Wildman–Crippen MR) is 110 cm³/mol. The van der Waals surface area contributed by atoms with E-state index in [9.17, 15) is 8.42 Å². The molecule has 8 heteroatoms. The van der Waals surface area contributed by atoms with Gasteiger partial charge in [-0.25, -0.2) is 13.4 Å². The highest BCUT2D eigenvalue weighted by Crippen LogP contribution is 2.28. The first-order valence-corrected chi connectivity index (χ1v) is 12.1. The number of ether oxygens (including phenoxy) is 1. The summed E-state index contributed by atoms with van der Waals surface area (Å²) in [5.41, 5.74) is 0.976. The lowest BCUT2D eigenvalue weighted by Gasteiger charge is -2.21. The maximum atomic E-state index is 13.4. The summed E-state index contributed by atoms with van der Waals surface area (Å²) in [7, 11) is 2.48. The Labute approximate surface area is 170 Å². The molecule has 1 aromatic rings. The molecule has 2 heterocycles. The van der Waals surface area contributed by atoms with Crippen LogP contribution in [0.2, 0.25) is 0 Å². The number of likely N-dealkylation sites (N-methyl/N-ethyl adjacent to an activating group) is 1. The van der Waals surface area contributed by atoms with E-state index in [4.69, 9.17) is 4.74 Å². The summed E-state index contributed by atoms with van der Waals surface area (Å²) < 4.78 is 33.9. The third-order valence-electron chi connectivity index (χ3n) is 6.28. The number of sulfone groups is 1. The van der Waals surface area contributed by atoms with Crippen molar-refractivity contribution < 1.29 is 13.2 Å². The average Bonchev–Trinajstić information content (AvgIpc) is 3.19. The minimum atomic E-state index is -3.41. The topological polar surface area (TPSA) is 67.7 Å². The number of likely N-dealkylation sites (tertiary alicyclic amines) is 1. The summed E-state index contributed by atoms with van der Waals surface area (Å²) >= 11 is 0. The van der Waals surface area contributed by atoms with Gasteiger partial charge in [-0.05, 0) is 33.4 Å². The zero-order chi connectivity index (χ0) is 20.1. The van der Waals surface area contributed by atoms with Crippen molar-refractivity contribution in [2.75, 3.05) is 40.9 Å². The molecule has 1 aliphatic carbocycles. The van der Waals surface area contributed by atoms with Gasteiger partial charge in [-0.15, -0.1) is 0 Å². The highest BCUT2D eigenvalue weighted by molar-refractivity contribution is 7.91. The Hall–Kier alpha value is -0.960. The number of hydrogen-bond acceptors (Lipinski definition) is 6. The second-order valence-electron chi connectivity index (χ2n) is 8.48. The Morgan fingerprint density at radius 2 is 1.89 bits per heavy atom. The van der Waals surface area contributed by atoms with Gasteiger partial charge in [0.1, 0.15) is 0 Å². The Kier molecular flexibility index (Phi) is 7.53. The van der Waals surface area contributed by atoms with Crippen LogP contribution < -0.4 is 0 Å². The number of imidazole rings is 1. The summed E-state index contributed by atoms with van der Waals surface area (Å²) in [6.07, 6.45) is 8.69. The standard InChI is InChI=1S/C20H36N4O3S/c1-22(2)17-10-11-23(15-17)16-18-14-21-20(24(18)12-13-27-3)28(25,26)19-8-6-4-5-7-9-19/h14,17,19H,4-13,15-16H2,1-3H3/t17-/m1/s1. The van der Waals surface area contributed by atoms with Gasteiger partial charge in [-0.1, -0.05) is 25.7 Å². The molecule has 0 unspecified atom stereocenters. The normalized spacial score (nSPS) is 22.8. The zero-order valence-corrected chi connectivity index (χ0v) is 18.5. The van der Waals surface area contributed by atoms with Gasteiger partial charge < -0.3 is 14.2 Å². The lowest BCUT2D eigenvalue weighted by atomic mass is 10.2. The Morgan fingerprint density at radius 1 is 1.18 bits per heavy atom. The molecule has 28 heavy (non-hydrogen) atoms. The molecule has 0 N–H and O–H groups in total. The van der Waals surface area contributed by atoms with Crippen LogP contribution in [0.1, 0.15) is 50.6 Å². The molecule has 2 fully saturated rings. The molecule has 0 bridgehead atoms. The average molecular weight is 413 g/mol. The molecule has 3 rings (SSSR count). The highest BCUT2D eigenvalue weighted by Gasteiger charge is 2.33. The van der Waals surface area contributed by atoms with Crippen molar-refractivity contribution in [1.82, 2.24) is 19.4 Å². The molecule has 7 nitrogen and oxygen atoms in total. The number of aromatic nitrogens is 2. The van der Waals surface area contributed by atoms with Crippen LogP contribution in [0.5, 0.6) is 0 Å². The van der Waals surface area contributed by atoms with E-state index in [1.54, 1.807) is 13.3 Å². The molecule has 1 atom stereocenters. The minimum Gasteiger partial charge on any atom is -0.383 e. The summed E-state index contributed by atoms with van der Waals surface area (Å²) in [5.74, 6) is 0. The fourth-order valence-electron chi connectivity index (χ4n) is 4.47. The fraction of sp³-hybridized carbons (Fsp3) is 0.850. The number of nitrogens with zero attached hydrogens (tertiary/aromatic N) is 4. The monoisotopic (exact) mass is 412 g/mol. The van der Waals surface area contributed by atoms with Crippen LogP contribution in [0.25, 0.3) is 0 Å². The molecule has 0 amide bonds. The molecule has 0 aromatic carbocycles. The van der Waals surface area contributed by atoms with Gasteiger partial charge in [0.15, 0.2) is 0 Å². The largest absolute Gasteiger partial charge is 0.383 e. The van der Waals surface area contributed by atoms with Crippen molar-refractivity contribution in [3.05, 3.63) is 11.9 Å². The lowest BCUT2D eigenvalue weighted by molar-refractivity contribution is 0.181. The van der Waals surface area contributed by atoms with Gasteiger partial charge in [0.05, 0.1) is 23.7 Å². The number of methoxy groups -OCH3 is 1. The second-order valence-corrected chi connectivity index (χ2v) is 10.6. The van der Waals surface area contributed by atoms with Crippen LogP contribution in [0.15, 0.2) is 11.4 Å². The molecular formula is C20H36N4O3S. The van der Waals surface area contributed by atoms with Crippen LogP contribution in [0.3, 0.4) is 0 Å². The number of hydrogen-bond donors (Lipinski definition) is 0. The van der Waals surface area contributed by atoms with Crippen molar-refractivity contribution >= 4 is 9.84 Å². The van der Waals surface area contributed by atoms with Crippen molar-refractivity contribution in [3.63, 3.8) is 0 Å². The van der Waals surface area contributed by atoms with Crippen LogP contribution in [0.4, 0.5) is 0 Å². The smallest absolute Gasteiger partial charge is 0.228 e. The Bertz CT molecular complexity index is 724. The van der Waals surface area contributed by atoms with E-state index < -0.39 is 9.84 Å². The maximum Gasteiger partial charge on any atom is 0.228 e. The van der Waals surface area contributed by atoms with Gasteiger partial charge in [0, 0.05) is 39.3 Å². The molecule has 1 saturated heterocycles. The van der Waals surface area contributed by atoms with E-state index in [0.717, 1.165) is 70.3 Å². The Morgan fingerprint density at radius 3 is 2.50 bits per heavy atom. The first-order valence-electron chi connectivity index (χ1n) is 10.6. The van der Waals surface area contributed by atoms with E-state index in [-0.39, 0.29) is 10.4 Å². The van der Waals surface area contributed by atoms with Crippen molar-refractivity contribution in [3.8, 4) is 0 Å². The fourth-order valence-corrected chi connectivity index (χ4v) is 6.44. The first-order chi connectivity index (χ1) is 13.4. The quantitative estimate of drug-likeness (QED) is 0.610. The molecule has 2 aliphatic rings. The molecule has 1 aliphatic heterocycles. The van der Waals surface area contributed by atoms with E-state index in [1.165, 1.54) is 0 Å². The van der Waals surface area contributed by atoms with Crippen molar-refractivity contribution in [2.45, 2.75) is 74.5 Å². The van der Waals surface area contributed by atoms with Crippen molar-refractivity contribution in [1.29, 1.82) is 0 Å². The highest BCUT2D eigenvalue weighted by atomic mass is 32.2. The van der Waals surface area contributed by atoms with Gasteiger partial charge in [-0.2, -0.15) is 0 Å². The van der Waals surface area contributed by atoms with Gasteiger partial charge >= 0.3 is 0 Å². The molecule has 1 aromatic heterocycles. The van der Waals surface area contributed by atoms with Crippen LogP contribution in [-0.2, 0) is 27.7 Å². The van der Waals surface area contributed by atoms with Crippen LogP contribution >= 0.6 is 0 Å². The van der Waals surface area contributed by atoms with E-state index in [0.29, 0.717) is 19.2 Å². The molecular weight excluding hydrogens is 376 g/mol. The Balaban J connectivity index is 1.81. The first kappa shape index (κ1) is 21.7. The summed E-state index contributed by atoms with van der Waals surface area (Å²) in [5, 5.41) is -0.0498. The lowest BCUT2D eigenvalue weighted by Crippen LogP contribution is -2.32. The molecule has 160 valence electrons. The van der Waals surface area contributed by atoms with Crippen molar-refractivity contribution in [2.24, 2.45) is 0 Å². The van der Waals surface area contributed by atoms with E-state index in [2.05, 4.69) is 28.9 Å². The van der Waals surface area contributed by atoms with E-state index in [1.807, 2.05) is 4.57 Å². The minimum absolute atomic E-state index is 0.245. The molecule has 0 spiro atoms. The molecule has 0 radical (unpaired) electrons. The summed E-state index contributed by atoms with van der Waals surface area (Å²) in [6.45, 7) is 3.78. The third-order valence-corrected chi connectivity index (χ3v) is 8.46.